The van der Waals surface area contributed by atoms with E-state index in [1.807, 2.05) is 55.3 Å². The number of benzene rings is 1. The van der Waals surface area contributed by atoms with E-state index in [9.17, 15) is 4.79 Å². The zero-order chi connectivity index (χ0) is 18.1. The third-order valence-electron chi connectivity index (χ3n) is 4.75. The van der Waals surface area contributed by atoms with E-state index >= 15 is 0 Å². The number of hydrogen-bond donors (Lipinski definition) is 1. The summed E-state index contributed by atoms with van der Waals surface area (Å²) in [5.74, 6) is 0.127. The lowest BCUT2D eigenvalue weighted by molar-refractivity contribution is -0.129. The highest BCUT2D eigenvalue weighted by Gasteiger charge is 2.28. The summed E-state index contributed by atoms with van der Waals surface area (Å²) in [5.41, 5.74) is 3.87. The van der Waals surface area contributed by atoms with Crippen LogP contribution in [-0.2, 0) is 11.2 Å². The summed E-state index contributed by atoms with van der Waals surface area (Å²) in [6, 6.07) is 10.4. The highest BCUT2D eigenvalue weighted by atomic mass is 16.5. The number of aromatic nitrogens is 3. The van der Waals surface area contributed by atoms with Crippen molar-refractivity contribution in [1.82, 2.24) is 19.9 Å². The number of nitrogens with zero attached hydrogens (tertiary/aromatic N) is 3. The van der Waals surface area contributed by atoms with Crippen molar-refractivity contribution < 1.29 is 9.53 Å². The molecule has 1 saturated heterocycles. The summed E-state index contributed by atoms with van der Waals surface area (Å²) in [4.78, 5) is 26.4. The Balaban J connectivity index is 1.39. The van der Waals surface area contributed by atoms with Gasteiger partial charge in [-0.05, 0) is 31.5 Å². The molecule has 0 radical (unpaired) electrons. The monoisotopic (exact) mass is 350 g/mol. The van der Waals surface area contributed by atoms with E-state index in [1.54, 1.807) is 0 Å². The number of aryl methyl sites for hydroxylation is 2. The van der Waals surface area contributed by atoms with Gasteiger partial charge in [-0.15, -0.1) is 0 Å². The number of aromatic amines is 1. The second-order valence-electron chi connectivity index (χ2n) is 6.84. The summed E-state index contributed by atoms with van der Waals surface area (Å²) in [6.45, 7) is 5.13. The van der Waals surface area contributed by atoms with Gasteiger partial charge in [0.2, 0.25) is 5.91 Å². The van der Waals surface area contributed by atoms with E-state index in [0.29, 0.717) is 25.5 Å². The van der Waals surface area contributed by atoms with Gasteiger partial charge in [-0.2, -0.15) is 0 Å². The quantitative estimate of drug-likeness (QED) is 0.785. The molecule has 0 spiro atoms. The van der Waals surface area contributed by atoms with Crippen molar-refractivity contribution in [2.45, 2.75) is 32.8 Å². The van der Waals surface area contributed by atoms with Gasteiger partial charge in [0.1, 0.15) is 6.10 Å². The van der Waals surface area contributed by atoms with Crippen LogP contribution in [0.25, 0.3) is 10.9 Å². The van der Waals surface area contributed by atoms with Crippen LogP contribution in [0, 0.1) is 13.8 Å². The fourth-order valence-corrected chi connectivity index (χ4v) is 3.50. The van der Waals surface area contributed by atoms with Gasteiger partial charge in [0, 0.05) is 41.5 Å². The standard InChI is InChI=1S/C20H22N4O2/c1-13-9-14(2)23-20(22-13)26-16-7-8-24(12-16)19(25)10-15-11-21-18-6-4-3-5-17(15)18/h3-6,9,11,16,21H,7-8,10,12H2,1-2H3/t16-/m0/s1. The van der Waals surface area contributed by atoms with E-state index in [1.165, 1.54) is 0 Å². The van der Waals surface area contributed by atoms with Gasteiger partial charge in [0.05, 0.1) is 13.0 Å². The number of hydrogen-bond acceptors (Lipinski definition) is 4. The average molecular weight is 350 g/mol. The number of amides is 1. The molecular formula is C20H22N4O2. The second kappa shape index (κ2) is 6.78. The molecule has 6 nitrogen and oxygen atoms in total. The van der Waals surface area contributed by atoms with E-state index in [2.05, 4.69) is 15.0 Å². The Hall–Kier alpha value is -2.89. The van der Waals surface area contributed by atoms with Crippen molar-refractivity contribution in [2.75, 3.05) is 13.1 Å². The van der Waals surface area contributed by atoms with E-state index < -0.39 is 0 Å². The molecular weight excluding hydrogens is 328 g/mol. The Kier molecular flexibility index (Phi) is 4.32. The molecule has 26 heavy (non-hydrogen) atoms. The molecule has 4 rings (SSSR count). The second-order valence-corrected chi connectivity index (χ2v) is 6.84. The molecule has 1 amide bonds. The third kappa shape index (κ3) is 3.40. The molecule has 1 atom stereocenters. The Bertz CT molecular complexity index is 930. The minimum absolute atomic E-state index is 0.0527. The van der Waals surface area contributed by atoms with E-state index in [4.69, 9.17) is 4.74 Å². The van der Waals surface area contributed by atoms with E-state index in [-0.39, 0.29) is 12.0 Å². The zero-order valence-electron chi connectivity index (χ0n) is 15.0. The molecule has 0 bridgehead atoms. The third-order valence-corrected chi connectivity index (χ3v) is 4.75. The summed E-state index contributed by atoms with van der Waals surface area (Å²) in [5, 5.41) is 1.11. The van der Waals surface area contributed by atoms with Gasteiger partial charge < -0.3 is 14.6 Å². The van der Waals surface area contributed by atoms with Crippen molar-refractivity contribution in [3.63, 3.8) is 0 Å². The number of rotatable bonds is 4. The van der Waals surface area contributed by atoms with Crippen LogP contribution in [-0.4, -0.2) is 45.0 Å². The Morgan fingerprint density at radius 3 is 2.85 bits per heavy atom. The molecule has 0 aliphatic carbocycles. The maximum atomic E-state index is 12.7. The highest BCUT2D eigenvalue weighted by molar-refractivity contribution is 5.89. The Morgan fingerprint density at radius 1 is 1.27 bits per heavy atom. The van der Waals surface area contributed by atoms with Crippen molar-refractivity contribution in [1.29, 1.82) is 0 Å². The fourth-order valence-electron chi connectivity index (χ4n) is 3.50. The number of carbonyl (C=O) groups is 1. The van der Waals surface area contributed by atoms with Gasteiger partial charge in [0.15, 0.2) is 0 Å². The van der Waals surface area contributed by atoms with Crippen LogP contribution in [0.1, 0.15) is 23.4 Å². The van der Waals surface area contributed by atoms with Crippen LogP contribution in [0.4, 0.5) is 0 Å². The minimum atomic E-state index is -0.0527. The average Bonchev–Trinajstić information content (AvgIpc) is 3.22. The molecule has 2 aromatic heterocycles. The van der Waals surface area contributed by atoms with Crippen molar-refractivity contribution in [3.05, 3.63) is 53.5 Å². The normalized spacial score (nSPS) is 17.0. The first kappa shape index (κ1) is 16.6. The number of likely N-dealkylation sites (tertiary alicyclic amines) is 1. The fraction of sp³-hybridized carbons (Fsp3) is 0.350. The SMILES string of the molecule is Cc1cc(C)nc(O[C@H]2CCN(C(=O)Cc3c[nH]c4ccccc34)C2)n1. The minimum Gasteiger partial charge on any atom is -0.458 e. The molecule has 3 aromatic rings. The topological polar surface area (TPSA) is 71.1 Å². The predicted molar refractivity (Wildman–Crippen MR) is 99.1 cm³/mol. The lowest BCUT2D eigenvalue weighted by Crippen LogP contribution is -2.32. The molecule has 134 valence electrons. The number of H-pyrrole nitrogens is 1. The molecule has 0 unspecified atom stereocenters. The van der Waals surface area contributed by atoms with Gasteiger partial charge in [-0.25, -0.2) is 9.97 Å². The van der Waals surface area contributed by atoms with Crippen LogP contribution in [0.5, 0.6) is 6.01 Å². The van der Waals surface area contributed by atoms with Gasteiger partial charge >= 0.3 is 6.01 Å². The number of fused-ring (bicyclic) bond motifs is 1. The maximum Gasteiger partial charge on any atom is 0.317 e. The number of nitrogens with one attached hydrogen (secondary N) is 1. The summed E-state index contributed by atoms with van der Waals surface area (Å²) in [6.07, 6.45) is 3.08. The van der Waals surface area contributed by atoms with Gasteiger partial charge in [0.25, 0.3) is 0 Å². The number of ether oxygens (including phenoxy) is 1. The number of carbonyl (C=O) groups excluding carboxylic acids is 1. The highest BCUT2D eigenvalue weighted by Crippen LogP contribution is 2.21. The Morgan fingerprint density at radius 2 is 2.04 bits per heavy atom. The van der Waals surface area contributed by atoms with Crippen LogP contribution in [0.2, 0.25) is 0 Å². The summed E-state index contributed by atoms with van der Waals surface area (Å²) in [7, 11) is 0. The maximum absolute atomic E-state index is 12.7. The van der Waals surface area contributed by atoms with Gasteiger partial charge in [-0.1, -0.05) is 18.2 Å². The largest absolute Gasteiger partial charge is 0.458 e. The smallest absolute Gasteiger partial charge is 0.317 e. The first-order valence-corrected chi connectivity index (χ1v) is 8.90. The molecule has 3 heterocycles. The summed E-state index contributed by atoms with van der Waals surface area (Å²) >= 11 is 0. The van der Waals surface area contributed by atoms with Crippen molar-refractivity contribution >= 4 is 16.8 Å². The van der Waals surface area contributed by atoms with Gasteiger partial charge in [-0.3, -0.25) is 4.79 Å². The zero-order valence-corrected chi connectivity index (χ0v) is 15.0. The molecule has 0 saturated carbocycles. The van der Waals surface area contributed by atoms with Crippen LogP contribution >= 0.6 is 0 Å². The predicted octanol–water partition coefficient (Wildman–Crippen LogP) is 2.80. The van der Waals surface area contributed by atoms with Crippen LogP contribution in [0.15, 0.2) is 36.5 Å². The van der Waals surface area contributed by atoms with Crippen molar-refractivity contribution in [2.24, 2.45) is 0 Å². The summed E-state index contributed by atoms with van der Waals surface area (Å²) < 4.78 is 5.90. The lowest BCUT2D eigenvalue weighted by atomic mass is 10.1. The molecule has 1 fully saturated rings. The van der Waals surface area contributed by atoms with Crippen LogP contribution < -0.4 is 4.74 Å². The molecule has 1 aromatic carbocycles. The molecule has 6 heteroatoms. The molecule has 1 N–H and O–H groups in total. The number of para-hydroxylation sites is 1. The Labute approximate surface area is 152 Å². The first-order valence-electron chi connectivity index (χ1n) is 8.90. The first-order chi connectivity index (χ1) is 12.6. The van der Waals surface area contributed by atoms with Crippen LogP contribution in [0.3, 0.4) is 0 Å². The molecule has 1 aliphatic rings. The van der Waals surface area contributed by atoms with Crippen molar-refractivity contribution in [3.8, 4) is 6.01 Å². The molecule has 1 aliphatic heterocycles. The van der Waals surface area contributed by atoms with E-state index in [0.717, 1.165) is 34.3 Å². The lowest BCUT2D eigenvalue weighted by Gasteiger charge is -2.16.